The quantitative estimate of drug-likeness (QED) is 0.509. The van der Waals surface area contributed by atoms with E-state index in [2.05, 4.69) is 17.2 Å². The highest BCUT2D eigenvalue weighted by atomic mass is 32.1. The van der Waals surface area contributed by atoms with Crippen LogP contribution in [0.15, 0.2) is 60.7 Å². The molecule has 0 aliphatic heterocycles. The average Bonchev–Trinajstić information content (AvgIpc) is 3.31. The lowest BCUT2D eigenvalue weighted by Gasteiger charge is -2.20. The number of hydrogen-bond donors (Lipinski definition) is 1. The molecular weight excluding hydrogens is 396 g/mol. The van der Waals surface area contributed by atoms with Crippen molar-refractivity contribution in [3.05, 3.63) is 82.4 Å². The first kappa shape index (κ1) is 19.8. The Kier molecular flexibility index (Phi) is 5.37. The van der Waals surface area contributed by atoms with E-state index in [1.807, 2.05) is 42.8 Å². The standard InChI is InChI=1S/C23H22N4O2S/c1-3-26(18-11-9-17(10-12-18)21(24)28)22(29)20-13-19-15(2)25-27(23(19)30-20)14-16-7-5-4-6-8-16/h4-13H,3,14H2,1-2H3,(H2,24,28). The Hall–Kier alpha value is -3.45. The van der Waals surface area contributed by atoms with Gasteiger partial charge in [-0.2, -0.15) is 5.10 Å². The van der Waals surface area contributed by atoms with Crippen LogP contribution in [0.25, 0.3) is 10.2 Å². The minimum Gasteiger partial charge on any atom is -0.366 e. The predicted octanol–water partition coefficient (Wildman–Crippen LogP) is 4.22. The van der Waals surface area contributed by atoms with Gasteiger partial charge in [-0.1, -0.05) is 30.3 Å². The van der Waals surface area contributed by atoms with E-state index in [0.717, 1.165) is 27.2 Å². The number of aromatic nitrogens is 2. The van der Waals surface area contributed by atoms with Crippen molar-refractivity contribution in [1.82, 2.24) is 9.78 Å². The van der Waals surface area contributed by atoms with Crippen LogP contribution in [0.1, 0.15) is 38.2 Å². The summed E-state index contributed by atoms with van der Waals surface area (Å²) in [5, 5.41) is 5.65. The third kappa shape index (κ3) is 3.71. The molecule has 0 unspecified atom stereocenters. The van der Waals surface area contributed by atoms with Crippen LogP contribution in [0.2, 0.25) is 0 Å². The Bertz CT molecular complexity index is 1210. The molecular formula is C23H22N4O2S. The average molecular weight is 419 g/mol. The Morgan fingerprint density at radius 1 is 1.10 bits per heavy atom. The van der Waals surface area contributed by atoms with Crippen molar-refractivity contribution in [1.29, 1.82) is 0 Å². The summed E-state index contributed by atoms with van der Waals surface area (Å²) in [5.74, 6) is -0.560. The van der Waals surface area contributed by atoms with Crippen LogP contribution in [-0.2, 0) is 6.54 Å². The summed E-state index contributed by atoms with van der Waals surface area (Å²) in [6, 6.07) is 18.8. The largest absolute Gasteiger partial charge is 0.366 e. The number of thiophene rings is 1. The first-order valence-corrected chi connectivity index (χ1v) is 10.5. The van der Waals surface area contributed by atoms with Gasteiger partial charge in [-0.25, -0.2) is 0 Å². The Balaban J connectivity index is 1.65. The molecule has 6 nitrogen and oxygen atoms in total. The Morgan fingerprint density at radius 2 is 1.80 bits per heavy atom. The molecule has 0 atom stereocenters. The second-order valence-corrected chi connectivity index (χ2v) is 8.05. The van der Waals surface area contributed by atoms with Gasteiger partial charge in [-0.05, 0) is 49.7 Å². The normalized spacial score (nSPS) is 11.0. The third-order valence-corrected chi connectivity index (χ3v) is 6.15. The second-order valence-electron chi connectivity index (χ2n) is 7.02. The molecule has 0 saturated heterocycles. The van der Waals surface area contributed by atoms with E-state index in [9.17, 15) is 9.59 Å². The molecule has 2 amide bonds. The smallest absolute Gasteiger partial charge is 0.268 e. The lowest BCUT2D eigenvalue weighted by Crippen LogP contribution is -2.30. The minimum atomic E-state index is -0.487. The van der Waals surface area contributed by atoms with Gasteiger partial charge >= 0.3 is 0 Å². The monoisotopic (exact) mass is 418 g/mol. The lowest BCUT2D eigenvalue weighted by atomic mass is 10.2. The summed E-state index contributed by atoms with van der Waals surface area (Å²) in [6.07, 6.45) is 0. The summed E-state index contributed by atoms with van der Waals surface area (Å²) in [4.78, 5) is 27.9. The fraction of sp³-hybridized carbons (Fsp3) is 0.174. The van der Waals surface area contributed by atoms with Crippen LogP contribution < -0.4 is 10.6 Å². The Labute approximate surface area is 178 Å². The van der Waals surface area contributed by atoms with Gasteiger partial charge in [-0.3, -0.25) is 14.3 Å². The van der Waals surface area contributed by atoms with Crippen molar-refractivity contribution in [3.63, 3.8) is 0 Å². The number of hydrogen-bond acceptors (Lipinski definition) is 4. The molecule has 0 saturated carbocycles. The predicted molar refractivity (Wildman–Crippen MR) is 120 cm³/mol. The molecule has 4 aromatic rings. The van der Waals surface area contributed by atoms with Gasteiger partial charge in [0.2, 0.25) is 5.91 Å². The van der Waals surface area contributed by atoms with Crippen LogP contribution in [0.3, 0.4) is 0 Å². The number of benzene rings is 2. The summed E-state index contributed by atoms with van der Waals surface area (Å²) < 4.78 is 1.96. The zero-order chi connectivity index (χ0) is 21.3. The number of primary amides is 1. The first-order chi connectivity index (χ1) is 14.5. The zero-order valence-electron chi connectivity index (χ0n) is 16.8. The molecule has 2 N–H and O–H groups in total. The van der Waals surface area contributed by atoms with E-state index >= 15 is 0 Å². The van der Waals surface area contributed by atoms with Crippen LogP contribution in [0.4, 0.5) is 5.69 Å². The van der Waals surface area contributed by atoms with Gasteiger partial charge in [0.05, 0.1) is 17.1 Å². The molecule has 0 bridgehead atoms. The molecule has 0 aliphatic carbocycles. The second kappa shape index (κ2) is 8.12. The number of fused-ring (bicyclic) bond motifs is 1. The minimum absolute atomic E-state index is 0.0730. The van der Waals surface area contributed by atoms with E-state index in [1.165, 1.54) is 11.3 Å². The molecule has 0 radical (unpaired) electrons. The summed E-state index contributed by atoms with van der Waals surface area (Å²) in [5.41, 5.74) is 8.53. The van der Waals surface area contributed by atoms with Crippen molar-refractivity contribution >= 4 is 39.1 Å². The van der Waals surface area contributed by atoms with Gasteiger partial charge < -0.3 is 10.6 Å². The number of nitrogens with zero attached hydrogens (tertiary/aromatic N) is 3. The lowest BCUT2D eigenvalue weighted by molar-refractivity contribution is 0.0988. The zero-order valence-corrected chi connectivity index (χ0v) is 17.6. The van der Waals surface area contributed by atoms with Crippen LogP contribution in [0.5, 0.6) is 0 Å². The van der Waals surface area contributed by atoms with Crippen LogP contribution in [0, 0.1) is 6.92 Å². The van der Waals surface area contributed by atoms with Gasteiger partial charge in [0.1, 0.15) is 4.83 Å². The maximum absolute atomic E-state index is 13.3. The third-order valence-electron chi connectivity index (χ3n) is 5.02. The molecule has 30 heavy (non-hydrogen) atoms. The number of carbonyl (C=O) groups excluding carboxylic acids is 2. The molecule has 152 valence electrons. The van der Waals surface area contributed by atoms with E-state index in [4.69, 9.17) is 5.73 Å². The summed E-state index contributed by atoms with van der Waals surface area (Å²) in [7, 11) is 0. The molecule has 7 heteroatoms. The van der Waals surface area contributed by atoms with Gasteiger partial charge in [0, 0.05) is 23.2 Å². The van der Waals surface area contributed by atoms with Crippen LogP contribution in [-0.4, -0.2) is 28.1 Å². The molecule has 0 aliphatic rings. The highest BCUT2D eigenvalue weighted by molar-refractivity contribution is 7.20. The highest BCUT2D eigenvalue weighted by Crippen LogP contribution is 2.31. The number of amides is 2. The fourth-order valence-corrected chi connectivity index (χ4v) is 4.57. The molecule has 2 aromatic carbocycles. The molecule has 2 heterocycles. The first-order valence-electron chi connectivity index (χ1n) is 9.70. The van der Waals surface area contributed by atoms with Crippen LogP contribution >= 0.6 is 11.3 Å². The van der Waals surface area contributed by atoms with E-state index in [1.54, 1.807) is 29.2 Å². The van der Waals surface area contributed by atoms with Crippen molar-refractivity contribution in [2.45, 2.75) is 20.4 Å². The van der Waals surface area contributed by atoms with E-state index in [-0.39, 0.29) is 5.91 Å². The summed E-state index contributed by atoms with van der Waals surface area (Å²) in [6.45, 7) is 5.06. The van der Waals surface area contributed by atoms with Gasteiger partial charge in [0.25, 0.3) is 5.91 Å². The van der Waals surface area contributed by atoms with Crippen molar-refractivity contribution < 1.29 is 9.59 Å². The van der Waals surface area contributed by atoms with E-state index in [0.29, 0.717) is 23.5 Å². The summed E-state index contributed by atoms with van der Waals surface area (Å²) >= 11 is 1.45. The molecule has 2 aromatic heterocycles. The maximum atomic E-state index is 13.3. The fourth-order valence-electron chi connectivity index (χ4n) is 3.46. The molecule has 0 fully saturated rings. The van der Waals surface area contributed by atoms with E-state index < -0.39 is 5.91 Å². The number of carbonyl (C=O) groups is 2. The number of aryl methyl sites for hydroxylation is 1. The highest BCUT2D eigenvalue weighted by Gasteiger charge is 2.21. The SMILES string of the molecule is CCN(C(=O)c1cc2c(C)nn(Cc3ccccc3)c2s1)c1ccc(C(N)=O)cc1. The number of nitrogens with two attached hydrogens (primary N) is 1. The topological polar surface area (TPSA) is 81.2 Å². The van der Waals surface area contributed by atoms with Gasteiger partial charge in [0.15, 0.2) is 0 Å². The number of rotatable bonds is 6. The van der Waals surface area contributed by atoms with Crippen molar-refractivity contribution in [2.24, 2.45) is 5.73 Å². The maximum Gasteiger partial charge on any atom is 0.268 e. The Morgan fingerprint density at radius 3 is 2.43 bits per heavy atom. The molecule has 4 rings (SSSR count). The van der Waals surface area contributed by atoms with Gasteiger partial charge in [-0.15, -0.1) is 11.3 Å². The van der Waals surface area contributed by atoms with Crippen molar-refractivity contribution in [3.8, 4) is 0 Å². The molecule has 0 spiro atoms. The number of anilines is 1. The van der Waals surface area contributed by atoms with Crippen molar-refractivity contribution in [2.75, 3.05) is 11.4 Å².